The first kappa shape index (κ1) is 49.0. The zero-order chi connectivity index (χ0) is 40.8. The average molecular weight is 962 g/mol. The third-order valence-electron chi connectivity index (χ3n) is 10.7. The SMILES string of the molecule is CCC(CC)C(=O)/C=C(\O)C(CC)CC.Cc1c([Si](CC(C)(C)C)(CC(C)(C)C)CC(C)(C)C)sc2c(-c3[c-]c4ccccc4c(C(C)C)c3)nccc12.[Ir]. The minimum Gasteiger partial charge on any atom is -0.512 e. The number of aliphatic hydroxyl groups excluding tert-OH is 1. The first-order chi connectivity index (χ1) is 25.0. The van der Waals surface area contributed by atoms with Gasteiger partial charge in [-0.25, -0.2) is 0 Å². The topological polar surface area (TPSA) is 50.2 Å². The van der Waals surface area contributed by atoms with Gasteiger partial charge in [-0.15, -0.1) is 29.1 Å². The number of hydrogen-bond acceptors (Lipinski definition) is 4. The van der Waals surface area contributed by atoms with Crippen molar-refractivity contribution in [3.63, 3.8) is 0 Å². The second kappa shape index (κ2) is 20.0. The summed E-state index contributed by atoms with van der Waals surface area (Å²) in [6.07, 6.45) is 6.93. The molecule has 0 bridgehead atoms. The number of benzene rings is 2. The van der Waals surface area contributed by atoms with Gasteiger partial charge in [0, 0.05) is 54.6 Å². The normalized spacial score (nSPS) is 13.1. The summed E-state index contributed by atoms with van der Waals surface area (Å²) >= 11 is 2.07. The van der Waals surface area contributed by atoms with E-state index in [0.717, 1.165) is 36.9 Å². The van der Waals surface area contributed by atoms with E-state index in [1.165, 1.54) is 56.2 Å². The zero-order valence-corrected chi connectivity index (χ0v) is 41.6. The molecule has 0 aliphatic carbocycles. The maximum atomic E-state index is 11.7. The Kier molecular flexibility index (Phi) is 17.9. The molecule has 2 aromatic heterocycles. The maximum absolute atomic E-state index is 11.7. The van der Waals surface area contributed by atoms with E-state index in [1.807, 2.05) is 33.9 Å². The number of pyridine rings is 1. The molecular weight excluding hydrogens is 887 g/mol. The molecule has 0 fully saturated rings. The van der Waals surface area contributed by atoms with E-state index in [1.54, 1.807) is 4.50 Å². The number of aromatic nitrogens is 1. The van der Waals surface area contributed by atoms with Crippen molar-refractivity contribution in [2.75, 3.05) is 0 Å². The fourth-order valence-corrected chi connectivity index (χ4v) is 19.7. The molecule has 0 aliphatic rings. The van der Waals surface area contributed by atoms with Crippen LogP contribution in [0.15, 0.2) is 54.4 Å². The summed E-state index contributed by atoms with van der Waals surface area (Å²) in [5.74, 6) is 0.986. The Balaban J connectivity index is 0.000000555. The minimum atomic E-state index is -1.92. The predicted molar refractivity (Wildman–Crippen MR) is 242 cm³/mol. The van der Waals surface area contributed by atoms with Gasteiger partial charge in [0.05, 0.1) is 5.76 Å². The van der Waals surface area contributed by atoms with Crippen LogP contribution in [0.25, 0.3) is 32.1 Å². The van der Waals surface area contributed by atoms with Gasteiger partial charge in [0.1, 0.15) is 8.07 Å². The smallest absolute Gasteiger partial charge is 0.162 e. The molecule has 307 valence electrons. The molecular formula is C49H74IrNO2SSi-. The molecule has 0 saturated carbocycles. The molecule has 2 heterocycles. The van der Waals surface area contributed by atoms with Crippen molar-refractivity contribution in [1.29, 1.82) is 0 Å². The summed E-state index contributed by atoms with van der Waals surface area (Å²) in [6, 6.07) is 21.0. The van der Waals surface area contributed by atoms with Crippen molar-refractivity contribution in [2.45, 2.75) is 161 Å². The molecule has 55 heavy (non-hydrogen) atoms. The number of rotatable bonds is 13. The van der Waals surface area contributed by atoms with Crippen molar-refractivity contribution in [2.24, 2.45) is 28.1 Å². The van der Waals surface area contributed by atoms with Gasteiger partial charge in [-0.1, -0.05) is 133 Å². The molecule has 0 saturated heterocycles. The summed E-state index contributed by atoms with van der Waals surface area (Å²) < 4.78 is 3.05. The largest absolute Gasteiger partial charge is 0.512 e. The van der Waals surface area contributed by atoms with E-state index in [9.17, 15) is 9.90 Å². The average Bonchev–Trinajstić information content (AvgIpc) is 3.40. The first-order valence-electron chi connectivity index (χ1n) is 20.8. The number of fused-ring (bicyclic) bond motifs is 2. The zero-order valence-electron chi connectivity index (χ0n) is 37.3. The summed E-state index contributed by atoms with van der Waals surface area (Å²) in [4.78, 5) is 16.8. The summed E-state index contributed by atoms with van der Waals surface area (Å²) in [5.41, 5.74) is 5.96. The molecule has 0 atom stereocenters. The molecule has 4 rings (SSSR count). The second-order valence-corrected chi connectivity index (χ2v) is 25.4. The van der Waals surface area contributed by atoms with Crippen LogP contribution >= 0.6 is 11.3 Å². The van der Waals surface area contributed by atoms with Crippen molar-refractivity contribution < 1.29 is 30.0 Å². The quantitative estimate of drug-likeness (QED) is 0.0629. The fraction of sp³-hybridized carbons (Fsp3) is 0.592. The van der Waals surface area contributed by atoms with Crippen molar-refractivity contribution in [3.05, 3.63) is 71.6 Å². The Bertz CT molecular complexity index is 1840. The third kappa shape index (κ3) is 13.2. The van der Waals surface area contributed by atoms with E-state index >= 15 is 0 Å². The van der Waals surface area contributed by atoms with Crippen LogP contribution < -0.4 is 4.50 Å². The summed E-state index contributed by atoms with van der Waals surface area (Å²) in [6.45, 7) is 37.1. The van der Waals surface area contributed by atoms with Crippen LogP contribution in [-0.2, 0) is 24.9 Å². The maximum Gasteiger partial charge on any atom is 0.162 e. The van der Waals surface area contributed by atoms with Crippen LogP contribution in [0.4, 0.5) is 0 Å². The number of ketones is 1. The van der Waals surface area contributed by atoms with Crippen molar-refractivity contribution in [3.8, 4) is 11.3 Å². The predicted octanol–water partition coefficient (Wildman–Crippen LogP) is 15.0. The van der Waals surface area contributed by atoms with Gasteiger partial charge in [0.2, 0.25) is 0 Å². The van der Waals surface area contributed by atoms with Gasteiger partial charge in [-0.3, -0.25) is 9.78 Å². The van der Waals surface area contributed by atoms with E-state index in [-0.39, 0.29) is 59.7 Å². The van der Waals surface area contributed by atoms with E-state index < -0.39 is 8.07 Å². The van der Waals surface area contributed by atoms with Crippen LogP contribution in [0.1, 0.15) is 147 Å². The Morgan fingerprint density at radius 2 is 1.33 bits per heavy atom. The Morgan fingerprint density at radius 3 is 1.80 bits per heavy atom. The fourth-order valence-electron chi connectivity index (χ4n) is 8.96. The van der Waals surface area contributed by atoms with Gasteiger partial charge in [0.25, 0.3) is 0 Å². The van der Waals surface area contributed by atoms with Gasteiger partial charge in [-0.05, 0) is 94.4 Å². The van der Waals surface area contributed by atoms with Crippen molar-refractivity contribution in [1.82, 2.24) is 4.98 Å². The molecule has 0 aliphatic heterocycles. The molecule has 1 radical (unpaired) electrons. The Hall–Kier alpha value is -2.11. The number of hydrogen-bond donors (Lipinski definition) is 1. The number of aliphatic hydroxyl groups is 1. The number of allylic oxidation sites excluding steroid dienone is 2. The molecule has 3 nitrogen and oxygen atoms in total. The number of carbonyl (C=O) groups excluding carboxylic acids is 1. The van der Waals surface area contributed by atoms with Gasteiger partial charge in [-0.2, -0.15) is 11.3 Å². The van der Waals surface area contributed by atoms with Crippen LogP contribution in [0.5, 0.6) is 0 Å². The summed E-state index contributed by atoms with van der Waals surface area (Å²) in [7, 11) is -1.92. The number of thiophene rings is 1. The second-order valence-electron chi connectivity index (χ2n) is 19.9. The van der Waals surface area contributed by atoms with Gasteiger partial charge >= 0.3 is 0 Å². The van der Waals surface area contributed by atoms with Crippen LogP contribution in [0, 0.1) is 41.1 Å². The number of carbonyl (C=O) groups is 1. The van der Waals surface area contributed by atoms with Crippen molar-refractivity contribution >= 4 is 50.6 Å². The van der Waals surface area contributed by atoms with Crippen LogP contribution in [0.2, 0.25) is 18.1 Å². The molecule has 0 amide bonds. The monoisotopic (exact) mass is 961 g/mol. The number of nitrogens with zero attached hydrogens (tertiary/aromatic N) is 1. The van der Waals surface area contributed by atoms with Gasteiger partial charge < -0.3 is 5.11 Å². The molecule has 0 spiro atoms. The first-order valence-corrected chi connectivity index (χ1v) is 24.2. The van der Waals surface area contributed by atoms with E-state index in [2.05, 4.69) is 137 Å². The van der Waals surface area contributed by atoms with E-state index in [4.69, 9.17) is 4.98 Å². The molecule has 2 aromatic carbocycles. The number of aryl methyl sites for hydroxylation is 1. The Labute approximate surface area is 355 Å². The van der Waals surface area contributed by atoms with E-state index in [0.29, 0.717) is 5.92 Å². The van der Waals surface area contributed by atoms with Crippen LogP contribution in [0.3, 0.4) is 0 Å². The van der Waals surface area contributed by atoms with Crippen LogP contribution in [-0.4, -0.2) is 23.9 Å². The summed E-state index contributed by atoms with van der Waals surface area (Å²) in [5, 5.41) is 13.6. The Morgan fingerprint density at radius 1 is 0.818 bits per heavy atom. The molecule has 6 heteroatoms. The molecule has 0 unspecified atom stereocenters. The molecule has 1 N–H and O–H groups in total. The minimum absolute atomic E-state index is 0. The third-order valence-corrected chi connectivity index (χ3v) is 20.0. The standard InChI is InChI=1S/C36H50NSSi.C13H24O2.Ir/c1-24(2)30-20-27(19-26-15-13-14-16-29(26)30)31-32-28(17-18-37-31)25(3)33(38-32)39(21-34(4,5)6,22-35(7,8)9)23-36(10,11)12;1-5-10(6-2)12(14)9-13(15)11(7-3)8-4;/h13-18,20,24H,21-23H2,1-12H3;9-11,14H,5-8H2,1-4H3;/q-1;;/b;12-9-;. The van der Waals surface area contributed by atoms with Gasteiger partial charge in [0.15, 0.2) is 5.78 Å². The molecule has 4 aromatic rings.